The van der Waals surface area contributed by atoms with Crippen LogP contribution in [-0.4, -0.2) is 15.9 Å². The fourth-order valence-corrected chi connectivity index (χ4v) is 1.43. The molecular formula is C13H10N6O. The molecule has 0 saturated carbocycles. The highest BCUT2D eigenvalue weighted by atomic mass is 16.4. The van der Waals surface area contributed by atoms with Crippen molar-refractivity contribution in [1.82, 2.24) is 10.2 Å². The standard InChI is InChI=1S/C13H10N6O/c1-2-12-18-19-13(20-12)9-4-3-5-10(6-9)16-17-11(7-14)8-15/h3-6,16H,2H2,1H3. The number of benzene rings is 1. The van der Waals surface area contributed by atoms with Gasteiger partial charge in [0.15, 0.2) is 0 Å². The largest absolute Gasteiger partial charge is 0.421 e. The zero-order valence-electron chi connectivity index (χ0n) is 10.7. The van der Waals surface area contributed by atoms with Gasteiger partial charge in [0.05, 0.1) is 5.69 Å². The Labute approximate surface area is 115 Å². The van der Waals surface area contributed by atoms with Gasteiger partial charge in [-0.05, 0) is 18.2 Å². The molecular weight excluding hydrogens is 256 g/mol. The molecule has 0 spiro atoms. The maximum atomic E-state index is 8.59. The molecule has 0 bridgehead atoms. The van der Waals surface area contributed by atoms with Crippen LogP contribution in [0.15, 0.2) is 33.8 Å². The van der Waals surface area contributed by atoms with Crippen molar-refractivity contribution < 1.29 is 4.42 Å². The molecule has 1 aromatic heterocycles. The van der Waals surface area contributed by atoms with Crippen molar-refractivity contribution in [3.63, 3.8) is 0 Å². The van der Waals surface area contributed by atoms with Gasteiger partial charge in [0.25, 0.3) is 0 Å². The van der Waals surface area contributed by atoms with Crippen LogP contribution in [-0.2, 0) is 6.42 Å². The van der Waals surface area contributed by atoms with Crippen LogP contribution in [0.2, 0.25) is 0 Å². The first-order chi connectivity index (χ1) is 9.76. The van der Waals surface area contributed by atoms with Crippen molar-refractivity contribution in [2.24, 2.45) is 5.10 Å². The summed E-state index contributed by atoms with van der Waals surface area (Å²) in [4.78, 5) is 0. The molecule has 0 aliphatic carbocycles. The summed E-state index contributed by atoms with van der Waals surface area (Å²) >= 11 is 0. The van der Waals surface area contributed by atoms with E-state index in [1.165, 1.54) is 0 Å². The molecule has 0 aliphatic heterocycles. The lowest BCUT2D eigenvalue weighted by atomic mass is 10.2. The van der Waals surface area contributed by atoms with E-state index >= 15 is 0 Å². The summed E-state index contributed by atoms with van der Waals surface area (Å²) < 4.78 is 5.45. The van der Waals surface area contributed by atoms with Crippen LogP contribution < -0.4 is 5.43 Å². The molecule has 0 fully saturated rings. The smallest absolute Gasteiger partial charge is 0.247 e. The number of hydrogen-bond donors (Lipinski definition) is 1. The normalized spacial score (nSPS) is 9.35. The minimum atomic E-state index is -0.249. The van der Waals surface area contributed by atoms with Crippen molar-refractivity contribution in [3.8, 4) is 23.6 Å². The molecule has 1 aromatic carbocycles. The highest BCUT2D eigenvalue weighted by molar-refractivity contribution is 6.10. The minimum absolute atomic E-state index is 0.249. The molecule has 0 amide bonds. The van der Waals surface area contributed by atoms with Crippen LogP contribution in [0.4, 0.5) is 5.69 Å². The Hall–Kier alpha value is -3.19. The average Bonchev–Trinajstić information content (AvgIpc) is 2.97. The molecule has 1 N–H and O–H groups in total. The number of nitriles is 2. The number of aryl methyl sites for hydroxylation is 1. The Morgan fingerprint density at radius 1 is 1.35 bits per heavy atom. The molecule has 7 heteroatoms. The maximum Gasteiger partial charge on any atom is 0.247 e. The number of nitrogens with one attached hydrogen (secondary N) is 1. The Morgan fingerprint density at radius 2 is 2.15 bits per heavy atom. The lowest BCUT2D eigenvalue weighted by Crippen LogP contribution is -1.96. The van der Waals surface area contributed by atoms with E-state index in [4.69, 9.17) is 14.9 Å². The number of hydrogen-bond acceptors (Lipinski definition) is 7. The first kappa shape index (κ1) is 13.2. The number of nitrogens with zero attached hydrogens (tertiary/aromatic N) is 5. The third-order valence-corrected chi connectivity index (χ3v) is 2.39. The third-order valence-electron chi connectivity index (χ3n) is 2.39. The fraction of sp³-hybridized carbons (Fsp3) is 0.154. The van der Waals surface area contributed by atoms with Crippen LogP contribution in [0.25, 0.3) is 11.5 Å². The highest BCUT2D eigenvalue weighted by Crippen LogP contribution is 2.21. The molecule has 0 saturated heterocycles. The van der Waals surface area contributed by atoms with Crippen LogP contribution >= 0.6 is 0 Å². The van der Waals surface area contributed by atoms with Crippen molar-refractivity contribution >= 4 is 11.4 Å². The molecule has 7 nitrogen and oxygen atoms in total. The van der Waals surface area contributed by atoms with Crippen molar-refractivity contribution in [2.45, 2.75) is 13.3 Å². The monoisotopic (exact) mass is 266 g/mol. The summed E-state index contributed by atoms with van der Waals surface area (Å²) in [5.41, 5.74) is 3.72. The van der Waals surface area contributed by atoms with Gasteiger partial charge in [-0.2, -0.15) is 15.6 Å². The second-order valence-electron chi connectivity index (χ2n) is 3.73. The SMILES string of the molecule is CCc1nnc(-c2cccc(NN=C(C#N)C#N)c2)o1. The zero-order valence-corrected chi connectivity index (χ0v) is 10.7. The van der Waals surface area contributed by atoms with E-state index in [1.54, 1.807) is 30.3 Å². The van der Waals surface area contributed by atoms with Gasteiger partial charge >= 0.3 is 0 Å². The molecule has 0 unspecified atom stereocenters. The Morgan fingerprint density at radius 3 is 2.80 bits per heavy atom. The van der Waals surface area contributed by atoms with Gasteiger partial charge in [-0.15, -0.1) is 10.2 Å². The van der Waals surface area contributed by atoms with Crippen molar-refractivity contribution in [1.29, 1.82) is 10.5 Å². The number of rotatable bonds is 4. The molecule has 2 aromatic rings. The van der Waals surface area contributed by atoms with Gasteiger partial charge in [-0.25, -0.2) is 0 Å². The van der Waals surface area contributed by atoms with Crippen LogP contribution in [0.1, 0.15) is 12.8 Å². The second kappa shape index (κ2) is 6.12. The third kappa shape index (κ3) is 2.98. The van der Waals surface area contributed by atoms with E-state index in [1.807, 2.05) is 13.0 Å². The van der Waals surface area contributed by atoms with E-state index in [9.17, 15) is 0 Å². The molecule has 1 heterocycles. The Kier molecular flexibility index (Phi) is 4.05. The fourth-order valence-electron chi connectivity index (χ4n) is 1.43. The summed E-state index contributed by atoms with van der Waals surface area (Å²) in [6, 6.07) is 10.4. The lowest BCUT2D eigenvalue weighted by molar-refractivity contribution is 0.513. The predicted molar refractivity (Wildman–Crippen MR) is 71.4 cm³/mol. The van der Waals surface area contributed by atoms with Crippen LogP contribution in [0.3, 0.4) is 0 Å². The molecule has 0 aliphatic rings. The Balaban J connectivity index is 2.23. The highest BCUT2D eigenvalue weighted by Gasteiger charge is 2.07. The molecule has 98 valence electrons. The predicted octanol–water partition coefficient (Wildman–Crippen LogP) is 2.11. The first-order valence-corrected chi connectivity index (χ1v) is 5.83. The number of hydrazone groups is 1. The zero-order chi connectivity index (χ0) is 14.4. The van der Waals surface area contributed by atoms with E-state index in [-0.39, 0.29) is 5.71 Å². The van der Waals surface area contributed by atoms with E-state index in [2.05, 4.69) is 20.7 Å². The summed E-state index contributed by atoms with van der Waals surface area (Å²) in [5.74, 6) is 0.975. The lowest BCUT2D eigenvalue weighted by Gasteiger charge is -2.01. The minimum Gasteiger partial charge on any atom is -0.421 e. The van der Waals surface area contributed by atoms with Crippen molar-refractivity contribution in [2.75, 3.05) is 5.43 Å². The van der Waals surface area contributed by atoms with Gasteiger partial charge in [-0.1, -0.05) is 13.0 Å². The van der Waals surface area contributed by atoms with E-state index < -0.39 is 0 Å². The molecule has 2 rings (SSSR count). The van der Waals surface area contributed by atoms with Crippen LogP contribution in [0, 0.1) is 22.7 Å². The summed E-state index contributed by atoms with van der Waals surface area (Å²) in [6.07, 6.45) is 0.670. The molecule has 20 heavy (non-hydrogen) atoms. The maximum absolute atomic E-state index is 8.59. The van der Waals surface area contributed by atoms with Gasteiger partial charge in [0, 0.05) is 12.0 Å². The average molecular weight is 266 g/mol. The first-order valence-electron chi connectivity index (χ1n) is 5.83. The molecule has 0 atom stereocenters. The summed E-state index contributed by atoms with van der Waals surface area (Å²) in [6.45, 7) is 1.93. The van der Waals surface area contributed by atoms with E-state index in [0.717, 1.165) is 5.56 Å². The van der Waals surface area contributed by atoms with Gasteiger partial charge in [0.1, 0.15) is 12.1 Å². The number of aromatic nitrogens is 2. The summed E-state index contributed by atoms with van der Waals surface area (Å²) in [7, 11) is 0. The van der Waals surface area contributed by atoms with Gasteiger partial charge in [0.2, 0.25) is 17.5 Å². The van der Waals surface area contributed by atoms with Gasteiger partial charge < -0.3 is 4.42 Å². The van der Waals surface area contributed by atoms with Gasteiger partial charge in [-0.3, -0.25) is 5.43 Å². The van der Waals surface area contributed by atoms with Crippen molar-refractivity contribution in [3.05, 3.63) is 30.2 Å². The molecule has 0 radical (unpaired) electrons. The quantitative estimate of drug-likeness (QED) is 0.670. The summed E-state index contributed by atoms with van der Waals surface area (Å²) in [5, 5.41) is 28.7. The van der Waals surface area contributed by atoms with Crippen LogP contribution in [0.5, 0.6) is 0 Å². The topological polar surface area (TPSA) is 111 Å². The second-order valence-corrected chi connectivity index (χ2v) is 3.73. The Bertz CT molecular complexity index is 703. The number of anilines is 1. The van der Waals surface area contributed by atoms with E-state index in [0.29, 0.717) is 23.9 Å².